The van der Waals surface area contributed by atoms with Crippen molar-refractivity contribution in [3.05, 3.63) is 11.8 Å². The largest absolute Gasteiger partial charge is 0.333 e. The number of aryl methyl sites for hydroxylation is 2. The molecular weight excluding hydrogens is 240 g/mol. The van der Waals surface area contributed by atoms with Gasteiger partial charge in [-0.05, 0) is 32.6 Å². The van der Waals surface area contributed by atoms with Gasteiger partial charge in [0.25, 0.3) is 0 Å². The van der Waals surface area contributed by atoms with Crippen LogP contribution in [0.15, 0.2) is 6.07 Å². The second-order valence-corrected chi connectivity index (χ2v) is 7.00. The number of carbonyl (C=O) groups excluding carboxylic acids is 1. The highest BCUT2D eigenvalue weighted by atomic mass is 16.2. The molecule has 0 aliphatic carbocycles. The topological polar surface area (TPSA) is 59.0 Å². The lowest BCUT2D eigenvalue weighted by atomic mass is 9.82. The molecule has 2 amide bonds. The normalized spacial score (nSPS) is 12.4. The van der Waals surface area contributed by atoms with Gasteiger partial charge < -0.3 is 5.32 Å². The second-order valence-electron chi connectivity index (χ2n) is 7.00. The Labute approximate surface area is 115 Å². The van der Waals surface area contributed by atoms with E-state index in [1.54, 1.807) is 4.68 Å². The molecule has 0 bridgehead atoms. The monoisotopic (exact) mass is 266 g/mol. The zero-order chi connectivity index (χ0) is 14.8. The fraction of sp³-hybridized carbons (Fsp3) is 0.714. The average Bonchev–Trinajstić information content (AvgIpc) is 2.38. The third kappa shape index (κ3) is 5.32. The Bertz CT molecular complexity index is 435. The summed E-state index contributed by atoms with van der Waals surface area (Å²) in [7, 11) is 1.85. The minimum absolute atomic E-state index is 0.165. The second kappa shape index (κ2) is 5.23. The van der Waals surface area contributed by atoms with E-state index in [4.69, 9.17) is 0 Å². The SMILES string of the molecule is Cc1cc(NC(=O)NC(C)(C)CC(C)(C)C)nn1C. The summed E-state index contributed by atoms with van der Waals surface area (Å²) >= 11 is 0. The number of rotatable bonds is 3. The molecule has 0 unspecified atom stereocenters. The van der Waals surface area contributed by atoms with Crippen LogP contribution in [0.2, 0.25) is 0 Å². The fourth-order valence-corrected chi connectivity index (χ4v) is 2.45. The van der Waals surface area contributed by atoms with E-state index in [0.717, 1.165) is 12.1 Å². The van der Waals surface area contributed by atoms with Crippen molar-refractivity contribution in [2.24, 2.45) is 12.5 Å². The number of nitrogens with zero attached hydrogens (tertiary/aromatic N) is 2. The highest BCUT2D eigenvalue weighted by Gasteiger charge is 2.27. The van der Waals surface area contributed by atoms with Crippen LogP contribution in [0, 0.1) is 12.3 Å². The Hall–Kier alpha value is -1.52. The minimum Gasteiger partial charge on any atom is -0.333 e. The van der Waals surface area contributed by atoms with Crippen LogP contribution in [0.3, 0.4) is 0 Å². The Balaban J connectivity index is 2.60. The maximum Gasteiger partial charge on any atom is 0.320 e. The Kier molecular flexibility index (Phi) is 4.28. The molecule has 0 aliphatic rings. The maximum atomic E-state index is 12.0. The smallest absolute Gasteiger partial charge is 0.320 e. The van der Waals surface area contributed by atoms with Gasteiger partial charge in [-0.3, -0.25) is 10.00 Å². The third-order valence-corrected chi connectivity index (χ3v) is 2.78. The third-order valence-electron chi connectivity index (χ3n) is 2.78. The van der Waals surface area contributed by atoms with E-state index >= 15 is 0 Å². The molecule has 0 atom stereocenters. The summed E-state index contributed by atoms with van der Waals surface area (Å²) in [5.74, 6) is 0.573. The van der Waals surface area contributed by atoms with Gasteiger partial charge in [0.2, 0.25) is 0 Å². The van der Waals surface area contributed by atoms with Crippen molar-refractivity contribution in [1.82, 2.24) is 15.1 Å². The molecule has 0 aliphatic heterocycles. The molecule has 0 saturated carbocycles. The van der Waals surface area contributed by atoms with E-state index < -0.39 is 0 Å². The van der Waals surface area contributed by atoms with Gasteiger partial charge in [0.1, 0.15) is 0 Å². The van der Waals surface area contributed by atoms with Crippen LogP contribution in [0.1, 0.15) is 46.7 Å². The highest BCUT2D eigenvalue weighted by molar-refractivity contribution is 5.88. The zero-order valence-corrected chi connectivity index (χ0v) is 13.1. The van der Waals surface area contributed by atoms with Gasteiger partial charge in [0.15, 0.2) is 5.82 Å². The first-order chi connectivity index (χ1) is 8.48. The lowest BCUT2D eigenvalue weighted by Gasteiger charge is -2.33. The van der Waals surface area contributed by atoms with Gasteiger partial charge in [0.05, 0.1) is 0 Å². The number of hydrogen-bond acceptors (Lipinski definition) is 2. The highest BCUT2D eigenvalue weighted by Crippen LogP contribution is 2.26. The summed E-state index contributed by atoms with van der Waals surface area (Å²) in [5, 5.41) is 9.95. The summed E-state index contributed by atoms with van der Waals surface area (Å²) < 4.78 is 1.73. The van der Waals surface area contributed by atoms with E-state index in [-0.39, 0.29) is 17.0 Å². The number of carbonyl (C=O) groups is 1. The molecule has 0 spiro atoms. The van der Waals surface area contributed by atoms with Crippen molar-refractivity contribution in [3.63, 3.8) is 0 Å². The average molecular weight is 266 g/mol. The van der Waals surface area contributed by atoms with Crippen LogP contribution < -0.4 is 10.6 Å². The van der Waals surface area contributed by atoms with Crippen LogP contribution in [0.25, 0.3) is 0 Å². The van der Waals surface area contributed by atoms with Crippen molar-refractivity contribution < 1.29 is 4.79 Å². The summed E-state index contributed by atoms with van der Waals surface area (Å²) in [6, 6.07) is 1.63. The number of aromatic nitrogens is 2. The minimum atomic E-state index is -0.258. The molecule has 5 heteroatoms. The van der Waals surface area contributed by atoms with Crippen LogP contribution in [0.5, 0.6) is 0 Å². The van der Waals surface area contributed by atoms with Crippen LogP contribution in [-0.2, 0) is 7.05 Å². The van der Waals surface area contributed by atoms with Crippen molar-refractivity contribution in [3.8, 4) is 0 Å². The van der Waals surface area contributed by atoms with Crippen molar-refractivity contribution >= 4 is 11.8 Å². The van der Waals surface area contributed by atoms with Crippen molar-refractivity contribution in [2.75, 3.05) is 5.32 Å². The fourth-order valence-electron chi connectivity index (χ4n) is 2.45. The summed E-state index contributed by atoms with van der Waals surface area (Å²) in [6.45, 7) is 12.5. The van der Waals surface area contributed by atoms with Gasteiger partial charge in [-0.25, -0.2) is 4.79 Å². The first-order valence-corrected chi connectivity index (χ1v) is 6.58. The van der Waals surface area contributed by atoms with E-state index in [1.807, 2.05) is 33.9 Å². The Morgan fingerprint density at radius 3 is 2.32 bits per heavy atom. The van der Waals surface area contributed by atoms with Gasteiger partial charge in [-0.1, -0.05) is 20.8 Å². The molecule has 1 aromatic rings. The van der Waals surface area contributed by atoms with Gasteiger partial charge in [-0.15, -0.1) is 0 Å². The molecular formula is C14H26N4O. The molecule has 108 valence electrons. The first kappa shape index (κ1) is 15.5. The number of nitrogens with one attached hydrogen (secondary N) is 2. The van der Waals surface area contributed by atoms with E-state index in [1.165, 1.54) is 0 Å². The summed E-state index contributed by atoms with van der Waals surface area (Å²) in [5.41, 5.74) is 0.911. The molecule has 1 rings (SSSR count). The van der Waals surface area contributed by atoms with E-state index in [2.05, 4.69) is 36.5 Å². The molecule has 5 nitrogen and oxygen atoms in total. The quantitative estimate of drug-likeness (QED) is 0.883. The van der Waals surface area contributed by atoms with Gasteiger partial charge in [-0.2, -0.15) is 5.10 Å². The van der Waals surface area contributed by atoms with Gasteiger partial charge in [0, 0.05) is 24.3 Å². The predicted molar refractivity (Wildman–Crippen MR) is 78.3 cm³/mol. The molecule has 0 saturated heterocycles. The molecule has 0 aromatic carbocycles. The summed E-state index contributed by atoms with van der Waals surface area (Å²) in [4.78, 5) is 12.0. The van der Waals surface area contributed by atoms with Crippen LogP contribution in [0.4, 0.5) is 10.6 Å². The van der Waals surface area contributed by atoms with Crippen molar-refractivity contribution in [1.29, 1.82) is 0 Å². The molecule has 19 heavy (non-hydrogen) atoms. The molecule has 0 radical (unpaired) electrons. The molecule has 1 heterocycles. The van der Waals surface area contributed by atoms with Gasteiger partial charge >= 0.3 is 6.03 Å². The lowest BCUT2D eigenvalue weighted by molar-refractivity contribution is 0.220. The standard InChI is InChI=1S/C14H26N4O/c1-10-8-11(17-18(10)7)15-12(19)16-14(5,6)9-13(2,3)4/h8H,9H2,1-7H3,(H2,15,16,17,19). The van der Waals surface area contributed by atoms with E-state index in [0.29, 0.717) is 5.82 Å². The van der Waals surface area contributed by atoms with Crippen LogP contribution in [-0.4, -0.2) is 21.4 Å². The summed E-state index contributed by atoms with van der Waals surface area (Å²) in [6.07, 6.45) is 0.897. The molecule has 0 fully saturated rings. The predicted octanol–water partition coefficient (Wildman–Crippen LogP) is 3.06. The number of urea groups is 1. The number of hydrogen-bond donors (Lipinski definition) is 2. The Morgan fingerprint density at radius 2 is 1.89 bits per heavy atom. The first-order valence-electron chi connectivity index (χ1n) is 6.58. The number of anilines is 1. The number of amides is 2. The molecule has 2 N–H and O–H groups in total. The lowest BCUT2D eigenvalue weighted by Crippen LogP contribution is -2.47. The van der Waals surface area contributed by atoms with Crippen LogP contribution >= 0.6 is 0 Å². The maximum absolute atomic E-state index is 12.0. The Morgan fingerprint density at radius 1 is 1.32 bits per heavy atom. The molecule has 1 aromatic heterocycles. The van der Waals surface area contributed by atoms with E-state index in [9.17, 15) is 4.79 Å². The zero-order valence-electron chi connectivity index (χ0n) is 13.1. The van der Waals surface area contributed by atoms with Crippen molar-refractivity contribution in [2.45, 2.75) is 53.5 Å².